The number of halogens is 1. The summed E-state index contributed by atoms with van der Waals surface area (Å²) in [5.74, 6) is 0.986. The Labute approximate surface area is 165 Å². The maximum absolute atomic E-state index is 4.47. The molecule has 1 unspecified atom stereocenters. The monoisotopic (exact) mass is 449 g/mol. The zero-order chi connectivity index (χ0) is 16.3. The summed E-state index contributed by atoms with van der Waals surface area (Å²) in [6.45, 7) is 3.43. The van der Waals surface area contributed by atoms with Crippen molar-refractivity contribution in [2.24, 2.45) is 4.99 Å². The second-order valence-corrected chi connectivity index (χ2v) is 7.96. The van der Waals surface area contributed by atoms with Gasteiger partial charge in [0, 0.05) is 44.3 Å². The Balaban J connectivity index is 0.00000208. The molecule has 0 aromatic heterocycles. The van der Waals surface area contributed by atoms with E-state index in [2.05, 4.69) is 39.5 Å². The molecule has 1 aliphatic heterocycles. The van der Waals surface area contributed by atoms with Crippen molar-refractivity contribution in [3.05, 3.63) is 0 Å². The van der Waals surface area contributed by atoms with E-state index in [9.17, 15) is 0 Å². The Kier molecular flexibility index (Phi) is 7.61. The lowest BCUT2D eigenvalue weighted by Gasteiger charge is -2.43. The van der Waals surface area contributed by atoms with Crippen molar-refractivity contribution < 1.29 is 0 Å². The first-order chi connectivity index (χ1) is 11.1. The number of aliphatic imine (C=N–C) groups is 1. The largest absolute Gasteiger partial charge is 0.355 e. The molecule has 24 heavy (non-hydrogen) atoms. The summed E-state index contributed by atoms with van der Waals surface area (Å²) in [6, 6.07) is 1.44. The molecule has 140 valence electrons. The summed E-state index contributed by atoms with van der Waals surface area (Å²) in [5, 5.41) is 7.28. The fraction of sp³-hybridized carbons (Fsp3) is 0.944. The number of hydrogen-bond acceptors (Lipinski definition) is 3. The third-order valence-corrected chi connectivity index (χ3v) is 6.17. The van der Waals surface area contributed by atoms with E-state index >= 15 is 0 Å². The van der Waals surface area contributed by atoms with Crippen molar-refractivity contribution in [3.8, 4) is 0 Å². The van der Waals surface area contributed by atoms with Crippen molar-refractivity contribution in [2.45, 2.75) is 69.0 Å². The van der Waals surface area contributed by atoms with Crippen LogP contribution in [0.4, 0.5) is 0 Å². The lowest BCUT2D eigenvalue weighted by molar-refractivity contribution is 0.104. The highest BCUT2D eigenvalue weighted by atomic mass is 127. The Morgan fingerprint density at radius 3 is 2.46 bits per heavy atom. The van der Waals surface area contributed by atoms with Crippen LogP contribution in [0.3, 0.4) is 0 Å². The lowest BCUT2D eigenvalue weighted by Crippen LogP contribution is -2.56. The minimum atomic E-state index is 0. The van der Waals surface area contributed by atoms with Crippen molar-refractivity contribution >= 4 is 29.9 Å². The smallest absolute Gasteiger partial charge is 0.191 e. The quantitative estimate of drug-likeness (QED) is 0.384. The van der Waals surface area contributed by atoms with Gasteiger partial charge in [-0.3, -0.25) is 9.89 Å². The Morgan fingerprint density at radius 2 is 1.88 bits per heavy atom. The summed E-state index contributed by atoms with van der Waals surface area (Å²) in [6.07, 6.45) is 10.7. The van der Waals surface area contributed by atoms with Crippen molar-refractivity contribution in [3.63, 3.8) is 0 Å². The highest BCUT2D eigenvalue weighted by Gasteiger charge is 2.36. The molecule has 0 radical (unpaired) electrons. The lowest BCUT2D eigenvalue weighted by atomic mass is 9.80. The summed E-state index contributed by atoms with van der Waals surface area (Å²) < 4.78 is 0. The third kappa shape index (κ3) is 4.97. The van der Waals surface area contributed by atoms with Crippen LogP contribution in [0.15, 0.2) is 4.99 Å². The van der Waals surface area contributed by atoms with Crippen LogP contribution in [-0.2, 0) is 0 Å². The van der Waals surface area contributed by atoms with Gasteiger partial charge in [0.1, 0.15) is 0 Å². The van der Waals surface area contributed by atoms with Crippen LogP contribution in [0.1, 0.15) is 51.4 Å². The molecule has 3 fully saturated rings. The SMILES string of the molecule is CN=C(NCC1(N(C)C)CCCCC1)NC1CCN(C2CC2)C1.I. The summed E-state index contributed by atoms with van der Waals surface area (Å²) in [4.78, 5) is 9.54. The fourth-order valence-electron chi connectivity index (χ4n) is 4.30. The van der Waals surface area contributed by atoms with Crippen molar-refractivity contribution in [1.29, 1.82) is 0 Å². The van der Waals surface area contributed by atoms with Crippen LogP contribution < -0.4 is 10.6 Å². The van der Waals surface area contributed by atoms with Gasteiger partial charge >= 0.3 is 0 Å². The standard InChI is InChI=1S/C18H35N5.HI/c1-19-17(21-15-9-12-23(13-15)16-7-8-16)20-14-18(22(2)3)10-5-4-6-11-18;/h15-16H,4-14H2,1-3H3,(H2,19,20,21);1H. The number of nitrogens with zero attached hydrogens (tertiary/aromatic N) is 3. The van der Waals surface area contributed by atoms with E-state index in [1.807, 2.05) is 7.05 Å². The topological polar surface area (TPSA) is 42.9 Å². The van der Waals surface area contributed by atoms with Crippen LogP contribution in [0.2, 0.25) is 0 Å². The number of likely N-dealkylation sites (tertiary alicyclic amines) is 1. The predicted molar refractivity (Wildman–Crippen MR) is 112 cm³/mol. The molecule has 0 bridgehead atoms. The summed E-state index contributed by atoms with van der Waals surface area (Å²) >= 11 is 0. The fourth-order valence-corrected chi connectivity index (χ4v) is 4.30. The van der Waals surface area contributed by atoms with Gasteiger partial charge in [-0.25, -0.2) is 0 Å². The van der Waals surface area contributed by atoms with Crippen LogP contribution in [0.25, 0.3) is 0 Å². The molecular formula is C18H36IN5. The molecule has 0 spiro atoms. The normalized spacial score (nSPS) is 27.8. The van der Waals surface area contributed by atoms with Gasteiger partial charge in [0.2, 0.25) is 0 Å². The number of likely N-dealkylation sites (N-methyl/N-ethyl adjacent to an activating group) is 1. The Morgan fingerprint density at radius 1 is 1.17 bits per heavy atom. The number of hydrogen-bond donors (Lipinski definition) is 2. The van der Waals surface area contributed by atoms with Crippen LogP contribution in [0.5, 0.6) is 0 Å². The molecule has 0 amide bonds. The Hall–Kier alpha value is -0.0800. The highest BCUT2D eigenvalue weighted by Crippen LogP contribution is 2.32. The van der Waals surface area contributed by atoms with E-state index in [0.29, 0.717) is 11.6 Å². The molecule has 1 atom stereocenters. The van der Waals surface area contributed by atoms with Gasteiger partial charge in [-0.1, -0.05) is 19.3 Å². The average Bonchev–Trinajstić information content (AvgIpc) is 3.31. The molecule has 6 heteroatoms. The highest BCUT2D eigenvalue weighted by molar-refractivity contribution is 14.0. The average molecular weight is 449 g/mol. The molecule has 2 N–H and O–H groups in total. The summed E-state index contributed by atoms with van der Waals surface area (Å²) in [5.41, 5.74) is 0.297. The first-order valence-corrected chi connectivity index (χ1v) is 9.52. The second kappa shape index (κ2) is 9.03. The van der Waals surface area contributed by atoms with Gasteiger partial charge in [-0.05, 0) is 46.2 Å². The van der Waals surface area contributed by atoms with E-state index in [-0.39, 0.29) is 24.0 Å². The van der Waals surface area contributed by atoms with Gasteiger partial charge in [-0.2, -0.15) is 0 Å². The zero-order valence-electron chi connectivity index (χ0n) is 15.7. The molecule has 1 heterocycles. The molecule has 2 aliphatic carbocycles. The van der Waals surface area contributed by atoms with Crippen molar-refractivity contribution in [1.82, 2.24) is 20.4 Å². The molecule has 3 rings (SSSR count). The van der Waals surface area contributed by atoms with Gasteiger partial charge in [0.15, 0.2) is 5.96 Å². The van der Waals surface area contributed by atoms with Crippen LogP contribution >= 0.6 is 24.0 Å². The first-order valence-electron chi connectivity index (χ1n) is 9.52. The molecule has 1 saturated heterocycles. The van der Waals surface area contributed by atoms with E-state index in [4.69, 9.17) is 0 Å². The number of nitrogens with one attached hydrogen (secondary N) is 2. The molecule has 5 nitrogen and oxygen atoms in total. The van der Waals surface area contributed by atoms with E-state index in [1.54, 1.807) is 0 Å². The van der Waals surface area contributed by atoms with Gasteiger partial charge in [0.25, 0.3) is 0 Å². The molecule has 2 saturated carbocycles. The molecule has 3 aliphatic rings. The molecular weight excluding hydrogens is 413 g/mol. The van der Waals surface area contributed by atoms with E-state index in [0.717, 1.165) is 18.5 Å². The summed E-state index contributed by atoms with van der Waals surface area (Å²) in [7, 11) is 6.35. The first kappa shape index (κ1) is 20.2. The van der Waals surface area contributed by atoms with Crippen LogP contribution in [-0.4, -0.2) is 74.2 Å². The number of guanidine groups is 1. The zero-order valence-corrected chi connectivity index (χ0v) is 18.0. The van der Waals surface area contributed by atoms with Gasteiger partial charge in [-0.15, -0.1) is 24.0 Å². The maximum Gasteiger partial charge on any atom is 0.191 e. The van der Waals surface area contributed by atoms with E-state index in [1.165, 1.54) is 64.5 Å². The predicted octanol–water partition coefficient (Wildman–Crippen LogP) is 2.27. The minimum absolute atomic E-state index is 0. The molecule has 0 aromatic rings. The van der Waals surface area contributed by atoms with Crippen molar-refractivity contribution in [2.75, 3.05) is 40.8 Å². The van der Waals surface area contributed by atoms with Gasteiger partial charge < -0.3 is 15.5 Å². The maximum atomic E-state index is 4.47. The number of rotatable bonds is 5. The van der Waals surface area contributed by atoms with Crippen LogP contribution in [0, 0.1) is 0 Å². The van der Waals surface area contributed by atoms with Gasteiger partial charge in [0.05, 0.1) is 0 Å². The third-order valence-electron chi connectivity index (χ3n) is 6.17. The van der Waals surface area contributed by atoms with E-state index < -0.39 is 0 Å². The Bertz CT molecular complexity index is 416. The minimum Gasteiger partial charge on any atom is -0.355 e. The molecule has 0 aromatic carbocycles. The second-order valence-electron chi connectivity index (χ2n) is 7.96.